The lowest BCUT2D eigenvalue weighted by molar-refractivity contribution is -0.121. The van der Waals surface area contributed by atoms with Crippen molar-refractivity contribution in [1.82, 2.24) is 5.32 Å². The molecular weight excluding hydrogens is 212 g/mol. The summed E-state index contributed by atoms with van der Waals surface area (Å²) in [4.78, 5) is 11.2. The van der Waals surface area contributed by atoms with Crippen LogP contribution in [-0.4, -0.2) is 18.5 Å². The van der Waals surface area contributed by atoms with Gasteiger partial charge in [-0.3, -0.25) is 4.79 Å². The number of nitrogens with two attached hydrogens (primary N) is 1. The molecule has 0 aromatic heterocycles. The molecule has 94 valence electrons. The Kier molecular flexibility index (Phi) is 5.70. The van der Waals surface area contributed by atoms with Crippen LogP contribution in [-0.2, 0) is 17.6 Å². The van der Waals surface area contributed by atoms with Crippen molar-refractivity contribution in [3.63, 3.8) is 0 Å². The van der Waals surface area contributed by atoms with Gasteiger partial charge in [-0.2, -0.15) is 0 Å². The van der Waals surface area contributed by atoms with E-state index in [0.29, 0.717) is 6.54 Å². The molecule has 0 radical (unpaired) electrons. The second-order valence-corrected chi connectivity index (χ2v) is 4.40. The van der Waals surface area contributed by atoms with E-state index in [9.17, 15) is 4.79 Å². The van der Waals surface area contributed by atoms with Crippen molar-refractivity contribution in [3.05, 3.63) is 35.4 Å². The molecule has 3 nitrogen and oxygen atoms in total. The van der Waals surface area contributed by atoms with E-state index in [1.165, 1.54) is 17.5 Å². The third-order valence-corrected chi connectivity index (χ3v) is 2.69. The summed E-state index contributed by atoms with van der Waals surface area (Å²) < 4.78 is 0. The standard InChI is InChI=1S/C14H22N2O/c1-3-4-12-5-7-13(8-6-12)9-10-16-14(17)11(2)15/h5-8,11H,3-4,9-10,15H2,1-2H3,(H,16,17). The van der Waals surface area contributed by atoms with E-state index >= 15 is 0 Å². The zero-order valence-corrected chi connectivity index (χ0v) is 10.7. The van der Waals surface area contributed by atoms with Gasteiger partial charge in [0.25, 0.3) is 0 Å². The lowest BCUT2D eigenvalue weighted by Gasteiger charge is -2.08. The van der Waals surface area contributed by atoms with Crippen molar-refractivity contribution in [2.75, 3.05) is 6.54 Å². The minimum absolute atomic E-state index is 0.0902. The van der Waals surface area contributed by atoms with Gasteiger partial charge in [0.2, 0.25) is 5.91 Å². The first-order valence-electron chi connectivity index (χ1n) is 6.24. The molecule has 17 heavy (non-hydrogen) atoms. The van der Waals surface area contributed by atoms with Crippen molar-refractivity contribution >= 4 is 5.91 Å². The molecule has 1 amide bonds. The topological polar surface area (TPSA) is 55.1 Å². The highest BCUT2D eigenvalue weighted by atomic mass is 16.2. The zero-order valence-electron chi connectivity index (χ0n) is 10.7. The number of amides is 1. The molecule has 0 saturated carbocycles. The molecule has 0 saturated heterocycles. The molecule has 1 aromatic carbocycles. The van der Waals surface area contributed by atoms with Crippen LogP contribution in [0.2, 0.25) is 0 Å². The first-order chi connectivity index (χ1) is 8.13. The lowest BCUT2D eigenvalue weighted by atomic mass is 10.1. The van der Waals surface area contributed by atoms with E-state index in [4.69, 9.17) is 5.73 Å². The van der Waals surface area contributed by atoms with Crippen molar-refractivity contribution < 1.29 is 4.79 Å². The summed E-state index contributed by atoms with van der Waals surface area (Å²) in [5.41, 5.74) is 8.07. The maximum atomic E-state index is 11.2. The van der Waals surface area contributed by atoms with Crippen LogP contribution in [0.1, 0.15) is 31.4 Å². The number of rotatable bonds is 6. The van der Waals surface area contributed by atoms with Crippen molar-refractivity contribution in [2.45, 2.75) is 39.2 Å². The van der Waals surface area contributed by atoms with Gasteiger partial charge in [-0.05, 0) is 30.9 Å². The molecule has 0 spiro atoms. The maximum absolute atomic E-state index is 11.2. The third-order valence-electron chi connectivity index (χ3n) is 2.69. The summed E-state index contributed by atoms with van der Waals surface area (Å²) in [6, 6.07) is 8.15. The molecule has 1 unspecified atom stereocenters. The fourth-order valence-electron chi connectivity index (χ4n) is 1.65. The van der Waals surface area contributed by atoms with Gasteiger partial charge in [0, 0.05) is 6.54 Å². The van der Waals surface area contributed by atoms with Crippen LogP contribution in [0.15, 0.2) is 24.3 Å². The Morgan fingerprint density at radius 2 is 1.76 bits per heavy atom. The lowest BCUT2D eigenvalue weighted by Crippen LogP contribution is -2.39. The van der Waals surface area contributed by atoms with Crippen LogP contribution in [0.5, 0.6) is 0 Å². The number of carbonyl (C=O) groups is 1. The van der Waals surface area contributed by atoms with Gasteiger partial charge in [0.15, 0.2) is 0 Å². The number of hydrogen-bond acceptors (Lipinski definition) is 2. The Morgan fingerprint density at radius 3 is 2.24 bits per heavy atom. The van der Waals surface area contributed by atoms with Gasteiger partial charge >= 0.3 is 0 Å². The second kappa shape index (κ2) is 7.07. The SMILES string of the molecule is CCCc1ccc(CCNC(=O)C(C)N)cc1. The Balaban J connectivity index is 2.34. The maximum Gasteiger partial charge on any atom is 0.236 e. The predicted molar refractivity (Wildman–Crippen MR) is 70.8 cm³/mol. The number of aryl methyl sites for hydroxylation is 1. The van der Waals surface area contributed by atoms with Gasteiger partial charge in [-0.25, -0.2) is 0 Å². The summed E-state index contributed by atoms with van der Waals surface area (Å²) in [6.45, 7) is 4.51. The Morgan fingerprint density at radius 1 is 1.24 bits per heavy atom. The van der Waals surface area contributed by atoms with Crippen molar-refractivity contribution in [2.24, 2.45) is 5.73 Å². The summed E-state index contributed by atoms with van der Waals surface area (Å²) in [5.74, 6) is -0.0902. The second-order valence-electron chi connectivity index (χ2n) is 4.40. The Hall–Kier alpha value is -1.35. The average Bonchev–Trinajstić information content (AvgIpc) is 2.31. The summed E-state index contributed by atoms with van der Waals surface area (Å²) in [6.07, 6.45) is 3.15. The molecule has 0 fully saturated rings. The highest BCUT2D eigenvalue weighted by Crippen LogP contribution is 2.06. The number of nitrogens with one attached hydrogen (secondary N) is 1. The minimum atomic E-state index is -0.429. The zero-order chi connectivity index (χ0) is 12.7. The molecule has 1 aromatic rings. The Bertz CT molecular complexity index is 344. The van der Waals surface area contributed by atoms with Gasteiger partial charge < -0.3 is 11.1 Å². The van der Waals surface area contributed by atoms with Crippen LogP contribution < -0.4 is 11.1 Å². The molecule has 0 aliphatic heterocycles. The van der Waals surface area contributed by atoms with E-state index < -0.39 is 6.04 Å². The van der Waals surface area contributed by atoms with E-state index in [0.717, 1.165) is 12.8 Å². The van der Waals surface area contributed by atoms with Crippen LogP contribution in [0.3, 0.4) is 0 Å². The fraction of sp³-hybridized carbons (Fsp3) is 0.500. The fourth-order valence-corrected chi connectivity index (χ4v) is 1.65. The van der Waals surface area contributed by atoms with Gasteiger partial charge in [-0.15, -0.1) is 0 Å². The smallest absolute Gasteiger partial charge is 0.236 e. The molecule has 0 aliphatic carbocycles. The van der Waals surface area contributed by atoms with Gasteiger partial charge in [0.1, 0.15) is 0 Å². The summed E-state index contributed by atoms with van der Waals surface area (Å²) in [7, 11) is 0. The monoisotopic (exact) mass is 234 g/mol. The summed E-state index contributed by atoms with van der Waals surface area (Å²) >= 11 is 0. The van der Waals surface area contributed by atoms with E-state index in [1.807, 2.05) is 0 Å². The molecule has 1 rings (SSSR count). The summed E-state index contributed by atoms with van der Waals surface area (Å²) in [5, 5.41) is 2.81. The largest absolute Gasteiger partial charge is 0.354 e. The molecule has 3 N–H and O–H groups in total. The van der Waals surface area contributed by atoms with Gasteiger partial charge in [0.05, 0.1) is 6.04 Å². The first-order valence-corrected chi connectivity index (χ1v) is 6.24. The predicted octanol–water partition coefficient (Wildman–Crippen LogP) is 1.64. The molecule has 3 heteroatoms. The van der Waals surface area contributed by atoms with Crippen LogP contribution >= 0.6 is 0 Å². The first kappa shape index (κ1) is 13.7. The molecular formula is C14H22N2O. The van der Waals surface area contributed by atoms with E-state index in [1.54, 1.807) is 6.92 Å². The molecule has 0 bridgehead atoms. The highest BCUT2D eigenvalue weighted by molar-refractivity contribution is 5.80. The molecule has 0 aliphatic rings. The average molecular weight is 234 g/mol. The number of carbonyl (C=O) groups excluding carboxylic acids is 1. The van der Waals surface area contributed by atoms with E-state index in [2.05, 4.69) is 36.5 Å². The Labute approximate surface area is 103 Å². The van der Waals surface area contributed by atoms with Crippen LogP contribution in [0, 0.1) is 0 Å². The normalized spacial score (nSPS) is 12.2. The minimum Gasteiger partial charge on any atom is -0.354 e. The van der Waals surface area contributed by atoms with Crippen molar-refractivity contribution in [3.8, 4) is 0 Å². The quantitative estimate of drug-likeness (QED) is 0.786. The van der Waals surface area contributed by atoms with Crippen molar-refractivity contribution in [1.29, 1.82) is 0 Å². The highest BCUT2D eigenvalue weighted by Gasteiger charge is 2.05. The third kappa shape index (κ3) is 5.00. The van der Waals surface area contributed by atoms with Crippen LogP contribution in [0.25, 0.3) is 0 Å². The molecule has 0 heterocycles. The van der Waals surface area contributed by atoms with Crippen LogP contribution in [0.4, 0.5) is 0 Å². The van der Waals surface area contributed by atoms with E-state index in [-0.39, 0.29) is 5.91 Å². The number of hydrogen-bond donors (Lipinski definition) is 2. The van der Waals surface area contributed by atoms with Gasteiger partial charge in [-0.1, -0.05) is 37.6 Å². The number of benzene rings is 1. The molecule has 1 atom stereocenters.